The molecule has 3 aromatic carbocycles. The molecule has 32 heavy (non-hydrogen) atoms. The number of nitro groups is 1. The first-order chi connectivity index (χ1) is 15.4. The highest BCUT2D eigenvalue weighted by Gasteiger charge is 2.51. The lowest BCUT2D eigenvalue weighted by molar-refractivity contribution is -0.384. The molecule has 9 heteroatoms. The SMILES string of the molecule is CCOc1ccc(N2C(=O)[C@@H](Oc3ccc(Cl)cc3Cl)[C@H]2c2ccc([N+](=O)[O-])cc2)cc1. The lowest BCUT2D eigenvalue weighted by Crippen LogP contribution is -2.61. The van der Waals surface area contributed by atoms with Gasteiger partial charge in [-0.15, -0.1) is 0 Å². The maximum atomic E-state index is 13.1. The van der Waals surface area contributed by atoms with Gasteiger partial charge in [0.05, 0.1) is 16.6 Å². The summed E-state index contributed by atoms with van der Waals surface area (Å²) >= 11 is 12.2. The van der Waals surface area contributed by atoms with Gasteiger partial charge in [-0.25, -0.2) is 0 Å². The number of hydrogen-bond donors (Lipinski definition) is 0. The van der Waals surface area contributed by atoms with Crippen LogP contribution in [0.4, 0.5) is 11.4 Å². The van der Waals surface area contributed by atoms with Gasteiger partial charge in [-0.05, 0) is 67.1 Å². The van der Waals surface area contributed by atoms with Crippen molar-refractivity contribution in [3.8, 4) is 11.5 Å². The number of halogens is 2. The first kappa shape index (κ1) is 21.9. The molecule has 0 saturated carbocycles. The molecule has 1 heterocycles. The molecule has 4 rings (SSSR count). The molecule has 0 radical (unpaired) electrons. The van der Waals surface area contributed by atoms with Crippen LogP contribution in [0.1, 0.15) is 18.5 Å². The van der Waals surface area contributed by atoms with Crippen molar-refractivity contribution in [3.63, 3.8) is 0 Å². The molecule has 2 atom stereocenters. The third-order valence-electron chi connectivity index (χ3n) is 5.06. The molecule has 164 valence electrons. The van der Waals surface area contributed by atoms with E-state index < -0.39 is 17.1 Å². The Hall–Kier alpha value is -3.29. The number of amides is 1. The average molecular weight is 473 g/mol. The first-order valence-electron chi connectivity index (χ1n) is 9.81. The van der Waals surface area contributed by atoms with Crippen LogP contribution in [0.15, 0.2) is 66.7 Å². The van der Waals surface area contributed by atoms with E-state index in [9.17, 15) is 14.9 Å². The van der Waals surface area contributed by atoms with E-state index in [2.05, 4.69) is 0 Å². The number of nitro benzene ring substituents is 1. The van der Waals surface area contributed by atoms with E-state index in [-0.39, 0.29) is 16.6 Å². The summed E-state index contributed by atoms with van der Waals surface area (Å²) in [5, 5.41) is 11.8. The molecule has 1 saturated heterocycles. The van der Waals surface area contributed by atoms with Gasteiger partial charge in [0.25, 0.3) is 11.6 Å². The Kier molecular flexibility index (Phi) is 6.21. The van der Waals surface area contributed by atoms with Gasteiger partial charge < -0.3 is 9.47 Å². The number of rotatable bonds is 7. The van der Waals surface area contributed by atoms with E-state index in [4.69, 9.17) is 32.7 Å². The molecule has 1 aliphatic heterocycles. The monoisotopic (exact) mass is 472 g/mol. The minimum atomic E-state index is -0.860. The third-order valence-corrected chi connectivity index (χ3v) is 5.60. The molecule has 0 aromatic heterocycles. The molecule has 0 bridgehead atoms. The Labute approximate surface area is 194 Å². The summed E-state index contributed by atoms with van der Waals surface area (Å²) in [5.74, 6) is 0.757. The van der Waals surface area contributed by atoms with Crippen molar-refractivity contribution in [3.05, 3.63) is 92.5 Å². The Balaban J connectivity index is 1.67. The predicted octanol–water partition coefficient (Wildman–Crippen LogP) is 5.84. The molecule has 7 nitrogen and oxygen atoms in total. The second-order valence-corrected chi connectivity index (χ2v) is 7.89. The highest BCUT2D eigenvalue weighted by Crippen LogP contribution is 2.43. The maximum absolute atomic E-state index is 13.1. The first-order valence-corrected chi connectivity index (χ1v) is 10.6. The van der Waals surface area contributed by atoms with Gasteiger partial charge in [-0.2, -0.15) is 0 Å². The minimum absolute atomic E-state index is 0.0368. The lowest BCUT2D eigenvalue weighted by atomic mass is 9.89. The van der Waals surface area contributed by atoms with E-state index >= 15 is 0 Å². The smallest absolute Gasteiger partial charge is 0.271 e. The summed E-state index contributed by atoms with van der Waals surface area (Å²) in [6.07, 6.45) is -0.860. The largest absolute Gasteiger partial charge is 0.494 e. The van der Waals surface area contributed by atoms with Crippen molar-refractivity contribution in [2.75, 3.05) is 11.5 Å². The van der Waals surface area contributed by atoms with Gasteiger partial charge in [0.15, 0.2) is 0 Å². The number of nitrogens with zero attached hydrogens (tertiary/aromatic N) is 2. The Bertz CT molecular complexity index is 1150. The minimum Gasteiger partial charge on any atom is -0.494 e. The van der Waals surface area contributed by atoms with Crippen molar-refractivity contribution in [2.24, 2.45) is 0 Å². The summed E-state index contributed by atoms with van der Waals surface area (Å²) < 4.78 is 11.4. The van der Waals surface area contributed by atoms with E-state index in [1.165, 1.54) is 18.2 Å². The number of non-ortho nitro benzene ring substituents is 1. The molecule has 3 aromatic rings. The van der Waals surface area contributed by atoms with E-state index in [1.54, 1.807) is 53.4 Å². The summed E-state index contributed by atoms with van der Waals surface area (Å²) in [6.45, 7) is 2.42. The molecule has 1 amide bonds. The fourth-order valence-electron chi connectivity index (χ4n) is 3.56. The van der Waals surface area contributed by atoms with Crippen molar-refractivity contribution in [1.82, 2.24) is 0 Å². The number of carbonyl (C=O) groups is 1. The van der Waals surface area contributed by atoms with Gasteiger partial charge >= 0.3 is 0 Å². The molecular formula is C23H18Cl2N2O5. The number of anilines is 1. The van der Waals surface area contributed by atoms with E-state index in [1.807, 2.05) is 6.92 Å². The zero-order chi connectivity index (χ0) is 22.8. The quantitative estimate of drug-likeness (QED) is 0.245. The zero-order valence-electron chi connectivity index (χ0n) is 16.9. The molecular weight excluding hydrogens is 455 g/mol. The van der Waals surface area contributed by atoms with Crippen molar-refractivity contribution < 1.29 is 19.2 Å². The summed E-state index contributed by atoms with van der Waals surface area (Å²) in [6, 6.07) is 17.4. The third kappa shape index (κ3) is 4.22. The fourth-order valence-corrected chi connectivity index (χ4v) is 4.01. The number of carbonyl (C=O) groups excluding carboxylic acids is 1. The van der Waals surface area contributed by atoms with Crippen LogP contribution in [-0.2, 0) is 4.79 Å². The molecule has 0 unspecified atom stereocenters. The number of hydrogen-bond acceptors (Lipinski definition) is 5. The number of benzene rings is 3. The summed E-state index contributed by atoms with van der Waals surface area (Å²) in [5.41, 5.74) is 1.31. The van der Waals surface area contributed by atoms with Crippen LogP contribution < -0.4 is 14.4 Å². The molecule has 1 fully saturated rings. The maximum Gasteiger partial charge on any atom is 0.271 e. The molecule has 1 aliphatic rings. The zero-order valence-corrected chi connectivity index (χ0v) is 18.4. The van der Waals surface area contributed by atoms with Crippen LogP contribution in [0.5, 0.6) is 11.5 Å². The summed E-state index contributed by atoms with van der Waals surface area (Å²) in [7, 11) is 0. The van der Waals surface area contributed by atoms with Gasteiger partial charge in [0, 0.05) is 22.8 Å². The normalized spacial score (nSPS) is 17.6. The molecule has 0 spiro atoms. The van der Waals surface area contributed by atoms with Crippen molar-refractivity contribution in [1.29, 1.82) is 0 Å². The molecule has 0 aliphatic carbocycles. The topological polar surface area (TPSA) is 81.9 Å². The second-order valence-electron chi connectivity index (χ2n) is 7.04. The van der Waals surface area contributed by atoms with Crippen LogP contribution in [0.3, 0.4) is 0 Å². The van der Waals surface area contributed by atoms with E-state index in [0.717, 1.165) is 0 Å². The Morgan fingerprint density at radius 1 is 1.03 bits per heavy atom. The predicted molar refractivity (Wildman–Crippen MR) is 122 cm³/mol. The highest BCUT2D eigenvalue weighted by molar-refractivity contribution is 6.35. The molecule has 0 N–H and O–H groups in total. The van der Waals surface area contributed by atoms with Crippen molar-refractivity contribution in [2.45, 2.75) is 19.1 Å². The fraction of sp³-hybridized carbons (Fsp3) is 0.174. The standard InChI is InChI=1S/C23H18Cl2N2O5/c1-2-31-18-10-8-16(9-11-18)26-21(14-3-6-17(7-4-14)27(29)30)22(23(26)28)32-20-12-5-15(24)13-19(20)25/h3-13,21-22H,2H2,1H3/t21-,22+/m1/s1. The van der Waals surface area contributed by atoms with Crippen LogP contribution in [0, 0.1) is 10.1 Å². The van der Waals surface area contributed by atoms with E-state index in [0.29, 0.717) is 34.4 Å². The Morgan fingerprint density at radius 3 is 2.31 bits per heavy atom. The van der Waals surface area contributed by atoms with Gasteiger partial charge in [0.2, 0.25) is 6.10 Å². The number of ether oxygens (including phenoxy) is 2. The van der Waals surface area contributed by atoms with Gasteiger partial charge in [-0.3, -0.25) is 19.8 Å². The van der Waals surface area contributed by atoms with Crippen LogP contribution in [0.25, 0.3) is 0 Å². The van der Waals surface area contributed by atoms with Gasteiger partial charge in [0.1, 0.15) is 17.5 Å². The average Bonchev–Trinajstić information content (AvgIpc) is 2.78. The van der Waals surface area contributed by atoms with Gasteiger partial charge in [-0.1, -0.05) is 23.2 Å². The van der Waals surface area contributed by atoms with Crippen LogP contribution in [0.2, 0.25) is 10.0 Å². The Morgan fingerprint density at radius 2 is 1.72 bits per heavy atom. The number of β-lactam (4-membered cyclic amide) rings is 1. The second kappa shape index (κ2) is 9.06. The van der Waals surface area contributed by atoms with Crippen LogP contribution >= 0.6 is 23.2 Å². The lowest BCUT2D eigenvalue weighted by Gasteiger charge is -2.46. The van der Waals surface area contributed by atoms with Crippen molar-refractivity contribution >= 4 is 40.5 Å². The highest BCUT2D eigenvalue weighted by atomic mass is 35.5. The summed E-state index contributed by atoms with van der Waals surface area (Å²) in [4.78, 5) is 25.3. The van der Waals surface area contributed by atoms with Crippen LogP contribution in [-0.4, -0.2) is 23.5 Å².